The van der Waals surface area contributed by atoms with Gasteiger partial charge in [0.15, 0.2) is 6.10 Å². The Hall–Kier alpha value is -2.81. The lowest BCUT2D eigenvalue weighted by molar-refractivity contribution is -0.141. The summed E-state index contributed by atoms with van der Waals surface area (Å²) in [5.74, 6) is -0.562. The number of amides is 1. The molecule has 2 aromatic rings. The molecule has 0 N–H and O–H groups in total. The fourth-order valence-electron chi connectivity index (χ4n) is 3.63. The van der Waals surface area contributed by atoms with Gasteiger partial charge in [-0.05, 0) is 17.7 Å². The number of nitrogens with zero attached hydrogens (tertiary/aromatic N) is 3. The highest BCUT2D eigenvalue weighted by atomic mass is 35.5. The van der Waals surface area contributed by atoms with E-state index in [2.05, 4.69) is 4.98 Å². The van der Waals surface area contributed by atoms with Crippen molar-refractivity contribution in [2.45, 2.75) is 18.7 Å². The summed E-state index contributed by atoms with van der Waals surface area (Å²) in [6, 6.07) is 7.85. The van der Waals surface area contributed by atoms with Crippen molar-refractivity contribution in [2.75, 3.05) is 31.1 Å². The number of anilines is 1. The summed E-state index contributed by atoms with van der Waals surface area (Å²) in [5.41, 5.74) is 0.324. The van der Waals surface area contributed by atoms with Crippen LogP contribution in [0.25, 0.3) is 0 Å². The second-order valence-corrected chi connectivity index (χ2v) is 7.50. The zero-order valence-electron chi connectivity index (χ0n) is 15.7. The van der Waals surface area contributed by atoms with Gasteiger partial charge >= 0.3 is 12.1 Å². The molecule has 1 saturated heterocycles. The highest BCUT2D eigenvalue weighted by Gasteiger charge is 2.36. The number of esters is 1. The Morgan fingerprint density at radius 1 is 1.17 bits per heavy atom. The minimum absolute atomic E-state index is 0.0950. The molecular formula is C20H17ClF3N3O3. The van der Waals surface area contributed by atoms with Crippen LogP contribution in [-0.2, 0) is 22.1 Å². The summed E-state index contributed by atoms with van der Waals surface area (Å²) in [6.07, 6.45) is -4.34. The first-order valence-electron chi connectivity index (χ1n) is 9.29. The van der Waals surface area contributed by atoms with Crippen LogP contribution >= 0.6 is 11.6 Å². The lowest BCUT2D eigenvalue weighted by atomic mass is 9.98. The van der Waals surface area contributed by atoms with Crippen LogP contribution in [0.1, 0.15) is 21.5 Å². The molecule has 6 nitrogen and oxygen atoms in total. The first-order chi connectivity index (χ1) is 14.2. The zero-order valence-corrected chi connectivity index (χ0v) is 16.4. The molecule has 0 radical (unpaired) electrons. The predicted molar refractivity (Wildman–Crippen MR) is 102 cm³/mol. The van der Waals surface area contributed by atoms with Crippen LogP contribution in [0.2, 0.25) is 5.02 Å². The predicted octanol–water partition coefficient (Wildman–Crippen LogP) is 3.18. The van der Waals surface area contributed by atoms with Gasteiger partial charge in [0, 0.05) is 38.8 Å². The first kappa shape index (κ1) is 20.5. The fraction of sp³-hybridized carbons (Fsp3) is 0.350. The molecule has 4 rings (SSSR count). The van der Waals surface area contributed by atoms with Crippen LogP contribution in [0, 0.1) is 0 Å². The zero-order chi connectivity index (χ0) is 21.5. The van der Waals surface area contributed by atoms with Gasteiger partial charge in [-0.15, -0.1) is 0 Å². The molecule has 1 aromatic carbocycles. The number of pyridine rings is 1. The number of carbonyl (C=O) groups is 2. The van der Waals surface area contributed by atoms with Crippen molar-refractivity contribution in [1.82, 2.24) is 9.88 Å². The number of aromatic nitrogens is 1. The van der Waals surface area contributed by atoms with Gasteiger partial charge in [-0.3, -0.25) is 4.79 Å². The van der Waals surface area contributed by atoms with Gasteiger partial charge < -0.3 is 14.5 Å². The van der Waals surface area contributed by atoms with Gasteiger partial charge in [0.25, 0.3) is 5.91 Å². The Balaban J connectivity index is 1.40. The second kappa shape index (κ2) is 7.79. The number of benzene rings is 1. The van der Waals surface area contributed by atoms with Crippen molar-refractivity contribution in [1.29, 1.82) is 0 Å². The van der Waals surface area contributed by atoms with Crippen LogP contribution in [-0.4, -0.2) is 54.0 Å². The summed E-state index contributed by atoms with van der Waals surface area (Å²) in [7, 11) is 0. The molecule has 0 bridgehead atoms. The molecule has 1 fully saturated rings. The van der Waals surface area contributed by atoms with E-state index < -0.39 is 23.8 Å². The molecular weight excluding hydrogens is 423 g/mol. The number of alkyl halides is 3. The molecule has 30 heavy (non-hydrogen) atoms. The Kier molecular flexibility index (Phi) is 5.31. The molecule has 1 amide bonds. The number of ether oxygens (including phenoxy) is 1. The van der Waals surface area contributed by atoms with Crippen LogP contribution in [0.4, 0.5) is 19.0 Å². The highest BCUT2D eigenvalue weighted by Crippen LogP contribution is 2.33. The first-order valence-corrected chi connectivity index (χ1v) is 9.67. The summed E-state index contributed by atoms with van der Waals surface area (Å²) >= 11 is 6.01. The molecule has 0 aliphatic carbocycles. The third-order valence-electron chi connectivity index (χ3n) is 5.21. The second-order valence-electron chi connectivity index (χ2n) is 7.09. The third-order valence-corrected chi connectivity index (χ3v) is 5.49. The van der Waals surface area contributed by atoms with Crippen molar-refractivity contribution in [3.63, 3.8) is 0 Å². The van der Waals surface area contributed by atoms with Gasteiger partial charge in [-0.1, -0.05) is 29.8 Å². The van der Waals surface area contributed by atoms with Crippen molar-refractivity contribution >= 4 is 29.3 Å². The number of carbonyl (C=O) groups excluding carboxylic acids is 2. The van der Waals surface area contributed by atoms with E-state index in [0.717, 1.165) is 17.8 Å². The Labute approximate surface area is 175 Å². The Morgan fingerprint density at radius 3 is 2.53 bits per heavy atom. The molecule has 10 heteroatoms. The van der Waals surface area contributed by atoms with Crippen molar-refractivity contribution in [2.24, 2.45) is 0 Å². The summed E-state index contributed by atoms with van der Waals surface area (Å²) < 4.78 is 43.7. The molecule has 1 aromatic heterocycles. The lowest BCUT2D eigenvalue weighted by Crippen LogP contribution is -2.53. The van der Waals surface area contributed by atoms with E-state index in [0.29, 0.717) is 38.2 Å². The molecule has 0 unspecified atom stereocenters. The van der Waals surface area contributed by atoms with Gasteiger partial charge in [0.05, 0.1) is 16.1 Å². The molecule has 3 heterocycles. The monoisotopic (exact) mass is 439 g/mol. The summed E-state index contributed by atoms with van der Waals surface area (Å²) in [5, 5.41) is -0.0950. The number of rotatable bonds is 2. The SMILES string of the molecule is O=C1O[C@H](C(=O)N2CCN(c3ncc(C(F)(F)F)cc3Cl)CC2)Cc2ccccc21. The molecule has 0 saturated carbocycles. The largest absolute Gasteiger partial charge is 0.448 e. The van der Waals surface area contributed by atoms with E-state index in [4.69, 9.17) is 16.3 Å². The smallest absolute Gasteiger partial charge is 0.417 e. The molecule has 1 atom stereocenters. The number of hydrogen-bond acceptors (Lipinski definition) is 5. The van der Waals surface area contributed by atoms with Gasteiger partial charge in [-0.2, -0.15) is 13.2 Å². The summed E-state index contributed by atoms with van der Waals surface area (Å²) in [4.78, 5) is 32.2. The van der Waals surface area contributed by atoms with E-state index in [-0.39, 0.29) is 16.7 Å². The van der Waals surface area contributed by atoms with Crippen molar-refractivity contribution in [3.8, 4) is 0 Å². The van der Waals surface area contributed by atoms with Crippen LogP contribution in [0.5, 0.6) is 0 Å². The molecule has 158 valence electrons. The number of cyclic esters (lactones) is 1. The maximum absolute atomic E-state index is 12.8. The van der Waals surface area contributed by atoms with Crippen molar-refractivity contribution in [3.05, 3.63) is 58.2 Å². The topological polar surface area (TPSA) is 62.7 Å². The van der Waals surface area contributed by atoms with Crippen molar-refractivity contribution < 1.29 is 27.5 Å². The average molecular weight is 440 g/mol. The van der Waals surface area contributed by atoms with E-state index in [9.17, 15) is 22.8 Å². The van der Waals surface area contributed by atoms with E-state index in [1.807, 2.05) is 0 Å². The van der Waals surface area contributed by atoms with Crippen LogP contribution in [0.3, 0.4) is 0 Å². The lowest BCUT2D eigenvalue weighted by Gasteiger charge is -2.37. The average Bonchev–Trinajstić information content (AvgIpc) is 2.72. The number of hydrogen-bond donors (Lipinski definition) is 0. The van der Waals surface area contributed by atoms with Gasteiger partial charge in [0.2, 0.25) is 0 Å². The highest BCUT2D eigenvalue weighted by molar-refractivity contribution is 6.33. The maximum Gasteiger partial charge on any atom is 0.417 e. The number of halogens is 4. The normalized spacial score (nSPS) is 19.3. The van der Waals surface area contributed by atoms with Crippen LogP contribution < -0.4 is 4.90 Å². The van der Waals surface area contributed by atoms with E-state index in [1.54, 1.807) is 34.1 Å². The summed E-state index contributed by atoms with van der Waals surface area (Å²) in [6.45, 7) is 1.32. The van der Waals surface area contributed by atoms with Gasteiger partial charge in [-0.25, -0.2) is 9.78 Å². The minimum Gasteiger partial charge on any atom is -0.448 e. The Morgan fingerprint density at radius 2 is 1.87 bits per heavy atom. The number of fused-ring (bicyclic) bond motifs is 1. The maximum atomic E-state index is 12.8. The number of piperazine rings is 1. The fourth-order valence-corrected chi connectivity index (χ4v) is 3.92. The molecule has 2 aliphatic rings. The van der Waals surface area contributed by atoms with E-state index in [1.165, 1.54) is 0 Å². The molecule has 0 spiro atoms. The molecule has 2 aliphatic heterocycles. The van der Waals surface area contributed by atoms with E-state index >= 15 is 0 Å². The van der Waals surface area contributed by atoms with Gasteiger partial charge in [0.1, 0.15) is 5.82 Å². The standard InChI is InChI=1S/C20H17ClF3N3O3/c21-15-10-13(20(22,23)24)11-25-17(15)26-5-7-27(8-6-26)18(28)16-9-12-3-1-2-4-14(12)19(29)30-16/h1-4,10-11,16H,5-9H2/t16-/m0/s1. The Bertz CT molecular complexity index is 991. The van der Waals surface area contributed by atoms with Crippen LogP contribution in [0.15, 0.2) is 36.5 Å². The third kappa shape index (κ3) is 3.94. The minimum atomic E-state index is -4.52. The quantitative estimate of drug-likeness (QED) is 0.673.